The molecular weight excluding hydrogens is 552 g/mol. The van der Waals surface area contributed by atoms with E-state index in [0.29, 0.717) is 11.3 Å². The summed E-state index contributed by atoms with van der Waals surface area (Å²) >= 11 is 6.10. The Morgan fingerprint density at radius 2 is 1.57 bits per heavy atom. The number of carbonyl (C=O) groups is 1. The quantitative estimate of drug-likeness (QED) is 0.149. The smallest absolute Gasteiger partial charge is 0.343 e. The number of rotatable bonds is 6. The predicted octanol–water partition coefficient (Wildman–Crippen LogP) is 2.33. The van der Waals surface area contributed by atoms with Crippen molar-refractivity contribution in [3.8, 4) is 51.4 Å². The molecule has 4 atom stereocenters. The van der Waals surface area contributed by atoms with Gasteiger partial charge in [-0.1, -0.05) is 30.7 Å². The molecule has 0 radical (unpaired) electrons. The van der Waals surface area contributed by atoms with Crippen LogP contribution in [0.15, 0.2) is 24.3 Å². The number of carboxylic acids is 1. The third-order valence-electron chi connectivity index (χ3n) is 7.58. The molecule has 1 saturated heterocycles. The topological polar surface area (TPSA) is 243 Å². The maximum Gasteiger partial charge on any atom is 0.343 e. The zero-order valence-electron chi connectivity index (χ0n) is 20.6. The number of carboxylic acid groups (broad SMARTS) is 1. The summed E-state index contributed by atoms with van der Waals surface area (Å²) in [5.41, 5.74) is -3.85. The molecule has 0 aromatic heterocycles. The van der Waals surface area contributed by atoms with E-state index in [9.17, 15) is 55.9 Å². The Kier molecular flexibility index (Phi) is 6.04. The third-order valence-corrected chi connectivity index (χ3v) is 7.96. The first-order chi connectivity index (χ1) is 18.6. The van der Waals surface area contributed by atoms with Crippen molar-refractivity contribution in [2.24, 2.45) is 0 Å². The Labute approximate surface area is 230 Å². The van der Waals surface area contributed by atoms with Crippen LogP contribution in [0.4, 0.5) is 5.69 Å². The van der Waals surface area contributed by atoms with Crippen LogP contribution in [0.1, 0.15) is 46.7 Å². The molecule has 0 bridgehead atoms. The number of aliphatic hydroxyl groups is 2. The van der Waals surface area contributed by atoms with Crippen molar-refractivity contribution in [3.05, 3.63) is 46.0 Å². The Morgan fingerprint density at radius 1 is 0.950 bits per heavy atom. The number of phenols is 7. The fourth-order valence-corrected chi connectivity index (χ4v) is 6.15. The summed E-state index contributed by atoms with van der Waals surface area (Å²) in [7, 11) is 0. The largest absolute Gasteiger partial charge is 0.506 e. The summed E-state index contributed by atoms with van der Waals surface area (Å²) < 4.78 is 0. The molecule has 1 aliphatic carbocycles. The summed E-state index contributed by atoms with van der Waals surface area (Å²) in [4.78, 5) is 11.5. The van der Waals surface area contributed by atoms with Gasteiger partial charge in [0, 0.05) is 23.6 Å². The number of anilines is 1. The molecular formula is C26H25ClN2O11. The maximum atomic E-state index is 11.5. The van der Waals surface area contributed by atoms with E-state index in [-0.39, 0.29) is 29.1 Å². The Hall–Kier alpha value is -4.30. The molecule has 212 valence electrons. The molecule has 1 fully saturated rings. The van der Waals surface area contributed by atoms with E-state index in [4.69, 9.17) is 11.6 Å². The number of hydrogen-bond donors (Lipinski definition) is 12. The summed E-state index contributed by atoms with van der Waals surface area (Å²) in [5, 5.41) is 108. The first-order valence-electron chi connectivity index (χ1n) is 11.9. The van der Waals surface area contributed by atoms with Gasteiger partial charge >= 0.3 is 5.97 Å². The highest BCUT2D eigenvalue weighted by atomic mass is 35.5. The molecule has 1 aliphatic heterocycles. The van der Waals surface area contributed by atoms with Gasteiger partial charge in [-0.3, -0.25) is 5.32 Å². The highest BCUT2D eigenvalue weighted by Crippen LogP contribution is 2.64. The normalized spacial score (nSPS) is 25.0. The van der Waals surface area contributed by atoms with Crippen molar-refractivity contribution in [2.45, 2.75) is 36.6 Å². The molecule has 0 amide bonds. The van der Waals surface area contributed by atoms with Crippen LogP contribution in [0.5, 0.6) is 40.2 Å². The first kappa shape index (κ1) is 27.3. The van der Waals surface area contributed by atoms with Crippen LogP contribution in [0.3, 0.4) is 0 Å². The Bertz CT molecular complexity index is 1590. The second-order valence-electron chi connectivity index (χ2n) is 10.1. The predicted molar refractivity (Wildman–Crippen MR) is 139 cm³/mol. The van der Waals surface area contributed by atoms with E-state index in [0.717, 1.165) is 0 Å². The number of aromatic hydroxyl groups is 7. The average Bonchev–Trinajstić information content (AvgIpc) is 2.86. The molecule has 4 unspecified atom stereocenters. The molecule has 5 rings (SSSR count). The van der Waals surface area contributed by atoms with E-state index in [1.54, 1.807) is 13.0 Å². The van der Waals surface area contributed by atoms with Gasteiger partial charge in [0.25, 0.3) is 0 Å². The summed E-state index contributed by atoms with van der Waals surface area (Å²) in [5.74, 6) is -9.28. The molecule has 0 saturated carbocycles. The van der Waals surface area contributed by atoms with Crippen LogP contribution >= 0.6 is 11.6 Å². The molecule has 3 aromatic carbocycles. The van der Waals surface area contributed by atoms with Crippen LogP contribution in [-0.4, -0.2) is 75.0 Å². The van der Waals surface area contributed by atoms with Gasteiger partial charge in [-0.25, -0.2) is 4.79 Å². The molecule has 2 aliphatic rings. The van der Waals surface area contributed by atoms with Gasteiger partial charge in [0.05, 0.1) is 17.1 Å². The van der Waals surface area contributed by atoms with Gasteiger partial charge in [-0.15, -0.1) is 0 Å². The van der Waals surface area contributed by atoms with Crippen LogP contribution < -0.4 is 10.6 Å². The average molecular weight is 577 g/mol. The maximum absolute atomic E-state index is 11.5. The number of nitrogens with one attached hydrogen (secondary N) is 2. The van der Waals surface area contributed by atoms with E-state index in [1.165, 1.54) is 18.2 Å². The molecule has 14 heteroatoms. The lowest BCUT2D eigenvalue weighted by Gasteiger charge is -2.59. The molecule has 13 nitrogen and oxygen atoms in total. The van der Waals surface area contributed by atoms with E-state index in [1.807, 2.05) is 0 Å². The van der Waals surface area contributed by atoms with E-state index < -0.39 is 80.6 Å². The number of aromatic carboxylic acids is 1. The molecule has 1 heterocycles. The van der Waals surface area contributed by atoms with Gasteiger partial charge in [0.15, 0.2) is 23.0 Å². The van der Waals surface area contributed by atoms with Crippen LogP contribution in [0, 0.1) is 0 Å². The fraction of sp³-hybridized carbons (Fsp3) is 0.269. The molecule has 3 aromatic rings. The van der Waals surface area contributed by atoms with Crippen molar-refractivity contribution in [1.82, 2.24) is 5.32 Å². The summed E-state index contributed by atoms with van der Waals surface area (Å²) in [6, 6.07) is 5.82. The van der Waals surface area contributed by atoms with Gasteiger partial charge in [0.1, 0.15) is 22.8 Å². The molecule has 12 N–H and O–H groups in total. The van der Waals surface area contributed by atoms with Crippen molar-refractivity contribution in [1.29, 1.82) is 0 Å². The van der Waals surface area contributed by atoms with Gasteiger partial charge in [-0.2, -0.15) is 0 Å². The van der Waals surface area contributed by atoms with Gasteiger partial charge < -0.3 is 56.4 Å². The zero-order valence-corrected chi connectivity index (χ0v) is 21.4. The van der Waals surface area contributed by atoms with Crippen molar-refractivity contribution < 1.29 is 55.9 Å². The minimum absolute atomic E-state index is 0.0678. The number of halogens is 1. The van der Waals surface area contributed by atoms with Crippen LogP contribution in [0.2, 0.25) is 5.02 Å². The van der Waals surface area contributed by atoms with Gasteiger partial charge in [-0.05, 0) is 29.2 Å². The minimum atomic E-state index is -1.74. The number of fused-ring (bicyclic) bond motifs is 1. The standard InChI is InChI=1S/C26H25ClN2O11/c1-8-11-13(19(32)23(36)21(34)16(11)27)15(8)26(40)6-25(39,29-26)7-28-10-4-2-3-9(5-10)12-17(30)14(24(37)38)20(33)22(35)18(12)31/h2-5,8,15,28-36,39-40H,6-7H2,1H3,(H,37,38). The first-order valence-corrected chi connectivity index (χ1v) is 12.3. The second-order valence-corrected chi connectivity index (χ2v) is 10.5. The van der Waals surface area contributed by atoms with E-state index in [2.05, 4.69) is 10.6 Å². The molecule has 0 spiro atoms. The minimum Gasteiger partial charge on any atom is -0.506 e. The highest BCUT2D eigenvalue weighted by Gasteiger charge is 2.62. The number of hydrogen-bond acceptors (Lipinski definition) is 12. The van der Waals surface area contributed by atoms with Crippen molar-refractivity contribution in [2.75, 3.05) is 11.9 Å². The van der Waals surface area contributed by atoms with Gasteiger partial charge in [0.2, 0.25) is 11.5 Å². The lowest BCUT2D eigenvalue weighted by molar-refractivity contribution is -0.227. The Balaban J connectivity index is 1.35. The number of phenolic OH excluding ortho intramolecular Hbond substituents is 5. The zero-order chi connectivity index (χ0) is 29.5. The highest BCUT2D eigenvalue weighted by molar-refractivity contribution is 6.33. The van der Waals surface area contributed by atoms with Crippen LogP contribution in [0.25, 0.3) is 11.1 Å². The lowest BCUT2D eigenvalue weighted by Crippen LogP contribution is -2.77. The second kappa shape index (κ2) is 8.86. The number of benzene rings is 3. The van der Waals surface area contributed by atoms with Crippen LogP contribution in [-0.2, 0) is 0 Å². The van der Waals surface area contributed by atoms with E-state index >= 15 is 0 Å². The SMILES string of the molecule is CC1c2c(Cl)c(O)c(O)c(O)c2C1C1(O)CC(O)(CNc2cccc(-c3c(O)c(O)c(O)c(C(=O)O)c3O)c2)N1. The fourth-order valence-electron chi connectivity index (χ4n) is 5.78. The summed E-state index contributed by atoms with van der Waals surface area (Å²) in [6.07, 6.45) is -0.213. The van der Waals surface area contributed by atoms with Crippen molar-refractivity contribution in [3.63, 3.8) is 0 Å². The third kappa shape index (κ3) is 3.78. The lowest BCUT2D eigenvalue weighted by atomic mass is 9.59. The molecule has 40 heavy (non-hydrogen) atoms. The summed E-state index contributed by atoms with van der Waals surface area (Å²) in [6.45, 7) is 1.54. The monoisotopic (exact) mass is 576 g/mol. The van der Waals surface area contributed by atoms with Crippen molar-refractivity contribution >= 4 is 23.3 Å². The Morgan fingerprint density at radius 3 is 2.20 bits per heavy atom.